The SMILES string of the molecule is CCCCOCCOc1ccc(-c2ccc(C(F)(F)F)c(/C=C/C(=O)Nc3ccc(S)cc3)c2)cc1. The molecule has 0 unspecified atom stereocenters. The number of hydrogen-bond acceptors (Lipinski definition) is 4. The number of unbranched alkanes of at least 4 members (excludes halogenated alkanes) is 1. The molecule has 0 bridgehead atoms. The van der Waals surface area contributed by atoms with Crippen LogP contribution in [0.5, 0.6) is 5.75 Å². The van der Waals surface area contributed by atoms with Crippen molar-refractivity contribution in [2.45, 2.75) is 30.8 Å². The van der Waals surface area contributed by atoms with Gasteiger partial charge >= 0.3 is 6.18 Å². The molecule has 0 heterocycles. The first-order chi connectivity index (χ1) is 17.3. The van der Waals surface area contributed by atoms with Crippen LogP contribution in [0.25, 0.3) is 17.2 Å². The van der Waals surface area contributed by atoms with E-state index in [0.29, 0.717) is 36.8 Å². The van der Waals surface area contributed by atoms with Gasteiger partial charge in [0.2, 0.25) is 5.91 Å². The fraction of sp³-hybridized carbons (Fsp3) is 0.250. The van der Waals surface area contributed by atoms with E-state index in [2.05, 4.69) is 24.9 Å². The average molecular weight is 516 g/mol. The molecule has 0 saturated heterocycles. The second-order valence-corrected chi connectivity index (χ2v) is 8.52. The molecule has 190 valence electrons. The first-order valence-electron chi connectivity index (χ1n) is 11.6. The van der Waals surface area contributed by atoms with Gasteiger partial charge in [0.05, 0.1) is 12.2 Å². The Morgan fingerprint density at radius 3 is 2.31 bits per heavy atom. The summed E-state index contributed by atoms with van der Waals surface area (Å²) in [5, 5.41) is 2.62. The number of nitrogens with one attached hydrogen (secondary N) is 1. The van der Waals surface area contributed by atoms with Crippen molar-refractivity contribution >= 4 is 30.3 Å². The van der Waals surface area contributed by atoms with Gasteiger partial charge < -0.3 is 14.8 Å². The van der Waals surface area contributed by atoms with Crippen LogP contribution in [0.2, 0.25) is 0 Å². The third-order valence-corrected chi connectivity index (χ3v) is 5.53. The van der Waals surface area contributed by atoms with Gasteiger partial charge in [0.15, 0.2) is 0 Å². The number of carbonyl (C=O) groups is 1. The van der Waals surface area contributed by atoms with Crippen LogP contribution in [0.15, 0.2) is 77.7 Å². The first-order valence-corrected chi connectivity index (χ1v) is 12.0. The number of hydrogen-bond donors (Lipinski definition) is 2. The lowest BCUT2D eigenvalue weighted by Crippen LogP contribution is -2.09. The number of rotatable bonds is 11. The van der Waals surface area contributed by atoms with E-state index in [-0.39, 0.29) is 5.56 Å². The van der Waals surface area contributed by atoms with Crippen LogP contribution >= 0.6 is 12.6 Å². The fourth-order valence-corrected chi connectivity index (χ4v) is 3.49. The number of thiol groups is 1. The van der Waals surface area contributed by atoms with E-state index >= 15 is 0 Å². The predicted octanol–water partition coefficient (Wildman–Crippen LogP) is 7.51. The molecule has 0 radical (unpaired) electrons. The Kier molecular flexibility index (Phi) is 10.0. The summed E-state index contributed by atoms with van der Waals surface area (Å²) >= 11 is 4.18. The number of amides is 1. The second kappa shape index (κ2) is 13.2. The quantitative estimate of drug-likeness (QED) is 0.158. The van der Waals surface area contributed by atoms with E-state index in [0.717, 1.165) is 35.4 Å². The molecule has 0 fully saturated rings. The molecule has 3 aromatic rings. The van der Waals surface area contributed by atoms with E-state index in [4.69, 9.17) is 9.47 Å². The van der Waals surface area contributed by atoms with E-state index in [1.165, 1.54) is 18.2 Å². The summed E-state index contributed by atoms with van der Waals surface area (Å²) in [6.45, 7) is 3.70. The lowest BCUT2D eigenvalue weighted by atomic mass is 9.98. The molecule has 0 aromatic heterocycles. The molecule has 8 heteroatoms. The summed E-state index contributed by atoms with van der Waals surface area (Å²) in [6, 6.07) is 17.6. The van der Waals surface area contributed by atoms with Crippen molar-refractivity contribution < 1.29 is 27.4 Å². The molecule has 3 aromatic carbocycles. The molecule has 1 amide bonds. The molecular weight excluding hydrogens is 487 g/mol. The van der Waals surface area contributed by atoms with Gasteiger partial charge in [0, 0.05) is 23.3 Å². The van der Waals surface area contributed by atoms with Gasteiger partial charge in [-0.3, -0.25) is 4.79 Å². The number of halogens is 3. The summed E-state index contributed by atoms with van der Waals surface area (Å²) in [6.07, 6.45) is -0.225. The van der Waals surface area contributed by atoms with E-state index in [1.54, 1.807) is 48.5 Å². The molecule has 1 N–H and O–H groups in total. The molecule has 0 aliphatic rings. The molecule has 3 rings (SSSR count). The third kappa shape index (κ3) is 8.46. The summed E-state index contributed by atoms with van der Waals surface area (Å²) in [7, 11) is 0. The maximum absolute atomic E-state index is 13.6. The minimum absolute atomic E-state index is 0.106. The van der Waals surface area contributed by atoms with Crippen LogP contribution in [-0.4, -0.2) is 25.7 Å². The number of anilines is 1. The topological polar surface area (TPSA) is 47.6 Å². The van der Waals surface area contributed by atoms with Crippen LogP contribution in [0, 0.1) is 0 Å². The zero-order valence-corrected chi connectivity index (χ0v) is 20.7. The van der Waals surface area contributed by atoms with Gasteiger partial charge in [0.1, 0.15) is 12.4 Å². The summed E-state index contributed by atoms with van der Waals surface area (Å²) in [4.78, 5) is 13.0. The van der Waals surface area contributed by atoms with E-state index in [9.17, 15) is 18.0 Å². The Hall–Kier alpha value is -3.23. The number of alkyl halides is 3. The van der Waals surface area contributed by atoms with E-state index < -0.39 is 17.6 Å². The average Bonchev–Trinajstić information content (AvgIpc) is 2.86. The van der Waals surface area contributed by atoms with Gasteiger partial charge in [-0.1, -0.05) is 31.5 Å². The van der Waals surface area contributed by atoms with Crippen LogP contribution in [0.1, 0.15) is 30.9 Å². The van der Waals surface area contributed by atoms with Gasteiger partial charge in [-0.05, 0) is 77.7 Å². The fourth-order valence-electron chi connectivity index (χ4n) is 3.34. The van der Waals surface area contributed by atoms with E-state index in [1.807, 2.05) is 0 Å². The standard InChI is InChI=1S/C28H28F3NO3S/c1-2-3-16-34-17-18-35-24-10-4-20(5-11-24)21-6-14-26(28(29,30)31)22(19-21)7-15-27(33)32-23-8-12-25(36)13-9-23/h4-15,19,36H,2-3,16-18H2,1H3,(H,32,33)/b15-7+. The molecule has 36 heavy (non-hydrogen) atoms. The lowest BCUT2D eigenvalue weighted by Gasteiger charge is -2.13. The molecule has 0 aliphatic carbocycles. The minimum atomic E-state index is -4.56. The van der Waals surface area contributed by atoms with Crippen molar-refractivity contribution in [2.24, 2.45) is 0 Å². The predicted molar refractivity (Wildman–Crippen MR) is 139 cm³/mol. The molecule has 0 spiro atoms. The van der Waals surface area contributed by atoms with Crippen LogP contribution in [0.4, 0.5) is 18.9 Å². The Morgan fingerprint density at radius 1 is 0.944 bits per heavy atom. The highest BCUT2D eigenvalue weighted by Crippen LogP contribution is 2.35. The second-order valence-electron chi connectivity index (χ2n) is 8.01. The zero-order valence-electron chi connectivity index (χ0n) is 19.8. The molecule has 0 atom stereocenters. The Balaban J connectivity index is 1.71. The van der Waals surface area contributed by atoms with Gasteiger partial charge in [-0.25, -0.2) is 0 Å². The maximum Gasteiger partial charge on any atom is 0.416 e. The highest BCUT2D eigenvalue weighted by molar-refractivity contribution is 7.80. The molecule has 0 aliphatic heterocycles. The van der Waals surface area contributed by atoms with Crippen molar-refractivity contribution in [1.82, 2.24) is 0 Å². The summed E-state index contributed by atoms with van der Waals surface area (Å²) in [5.41, 5.74) is 0.897. The number of ether oxygens (including phenoxy) is 2. The first kappa shape index (κ1) is 27.4. The third-order valence-electron chi connectivity index (χ3n) is 5.23. The Labute approximate surface area is 214 Å². The summed E-state index contributed by atoms with van der Waals surface area (Å²) in [5.74, 6) is 0.105. The number of carbonyl (C=O) groups excluding carboxylic acids is 1. The molecule has 4 nitrogen and oxygen atoms in total. The van der Waals surface area contributed by atoms with Crippen molar-refractivity contribution in [3.8, 4) is 16.9 Å². The minimum Gasteiger partial charge on any atom is -0.491 e. The van der Waals surface area contributed by atoms with Crippen molar-refractivity contribution in [3.05, 3.63) is 83.9 Å². The van der Waals surface area contributed by atoms with Crippen LogP contribution < -0.4 is 10.1 Å². The Bertz CT molecular complexity index is 1160. The Morgan fingerprint density at radius 2 is 1.64 bits per heavy atom. The normalized spacial score (nSPS) is 11.6. The molecule has 0 saturated carbocycles. The molecular formula is C28H28F3NO3S. The summed E-state index contributed by atoms with van der Waals surface area (Å²) < 4.78 is 51.9. The van der Waals surface area contributed by atoms with Gasteiger partial charge in [-0.15, -0.1) is 12.6 Å². The smallest absolute Gasteiger partial charge is 0.416 e. The van der Waals surface area contributed by atoms with Gasteiger partial charge in [0.25, 0.3) is 0 Å². The van der Waals surface area contributed by atoms with Gasteiger partial charge in [-0.2, -0.15) is 13.2 Å². The van der Waals surface area contributed by atoms with Crippen LogP contribution in [-0.2, 0) is 15.7 Å². The lowest BCUT2D eigenvalue weighted by molar-refractivity contribution is -0.137. The zero-order chi connectivity index (χ0) is 26.0. The number of benzene rings is 3. The van der Waals surface area contributed by atoms with Crippen molar-refractivity contribution in [3.63, 3.8) is 0 Å². The monoisotopic (exact) mass is 515 g/mol. The maximum atomic E-state index is 13.6. The van der Waals surface area contributed by atoms with Crippen LogP contribution in [0.3, 0.4) is 0 Å². The highest BCUT2D eigenvalue weighted by Gasteiger charge is 2.32. The largest absolute Gasteiger partial charge is 0.491 e. The highest BCUT2D eigenvalue weighted by atomic mass is 32.1. The van der Waals surface area contributed by atoms with Crippen molar-refractivity contribution in [2.75, 3.05) is 25.1 Å². The van der Waals surface area contributed by atoms with Crippen molar-refractivity contribution in [1.29, 1.82) is 0 Å².